The van der Waals surface area contributed by atoms with E-state index in [0.29, 0.717) is 4.88 Å². The van der Waals surface area contributed by atoms with Gasteiger partial charge in [0.25, 0.3) is 5.91 Å². The molecule has 4 aromatic rings. The number of carbonyl (C=O) groups is 1. The van der Waals surface area contributed by atoms with E-state index >= 15 is 0 Å². The predicted octanol–water partition coefficient (Wildman–Crippen LogP) is 5.76. The van der Waals surface area contributed by atoms with Crippen LogP contribution in [0.4, 0.5) is 0 Å². The lowest BCUT2D eigenvalue weighted by atomic mass is 10.2. The lowest BCUT2D eigenvalue weighted by Gasteiger charge is -2.22. The Morgan fingerprint density at radius 1 is 1.23 bits per heavy atom. The highest BCUT2D eigenvalue weighted by Gasteiger charge is 2.25. The van der Waals surface area contributed by atoms with Crippen LogP contribution in [0.3, 0.4) is 0 Å². The minimum Gasteiger partial charge on any atom is -0.459 e. The number of thiazole rings is 1. The SMILES string of the molecule is Cc1nc(-c2cccs2)sc1C(=O)N(C)C(C)c1cc2ccccc2o1. The van der Waals surface area contributed by atoms with Crippen LogP contribution in [-0.2, 0) is 0 Å². The van der Waals surface area contributed by atoms with Crippen LogP contribution in [0.15, 0.2) is 52.3 Å². The van der Waals surface area contributed by atoms with Crippen LogP contribution in [-0.4, -0.2) is 22.8 Å². The third kappa shape index (κ3) is 2.95. The molecule has 1 aromatic carbocycles. The molecule has 0 saturated heterocycles. The van der Waals surface area contributed by atoms with Gasteiger partial charge in [-0.3, -0.25) is 4.79 Å². The fourth-order valence-corrected chi connectivity index (χ4v) is 4.68. The van der Waals surface area contributed by atoms with Crippen molar-refractivity contribution in [1.82, 2.24) is 9.88 Å². The van der Waals surface area contributed by atoms with Crippen molar-refractivity contribution in [2.75, 3.05) is 7.05 Å². The van der Waals surface area contributed by atoms with E-state index in [1.54, 1.807) is 16.2 Å². The quantitative estimate of drug-likeness (QED) is 0.451. The molecular weight excluding hydrogens is 364 g/mol. The predicted molar refractivity (Wildman–Crippen MR) is 107 cm³/mol. The van der Waals surface area contributed by atoms with Crippen molar-refractivity contribution in [2.24, 2.45) is 0 Å². The first-order valence-corrected chi connectivity index (χ1v) is 10.0. The van der Waals surface area contributed by atoms with Crippen LogP contribution in [0.2, 0.25) is 0 Å². The zero-order valence-electron chi connectivity index (χ0n) is 14.7. The molecular formula is C20H18N2O2S2. The van der Waals surface area contributed by atoms with Crippen LogP contribution >= 0.6 is 22.7 Å². The molecule has 4 nitrogen and oxygen atoms in total. The zero-order chi connectivity index (χ0) is 18.3. The minimum atomic E-state index is -0.165. The van der Waals surface area contributed by atoms with Gasteiger partial charge in [0.05, 0.1) is 16.6 Å². The average molecular weight is 383 g/mol. The summed E-state index contributed by atoms with van der Waals surface area (Å²) in [5.41, 5.74) is 1.61. The lowest BCUT2D eigenvalue weighted by molar-refractivity contribution is 0.0731. The van der Waals surface area contributed by atoms with Gasteiger partial charge in [0, 0.05) is 12.4 Å². The number of para-hydroxylation sites is 1. The summed E-state index contributed by atoms with van der Waals surface area (Å²) in [6, 6.07) is 13.7. The summed E-state index contributed by atoms with van der Waals surface area (Å²) < 4.78 is 5.93. The Morgan fingerprint density at radius 3 is 2.77 bits per heavy atom. The normalized spacial score (nSPS) is 12.4. The fourth-order valence-electron chi connectivity index (χ4n) is 2.84. The highest BCUT2D eigenvalue weighted by atomic mass is 32.1. The Hall–Kier alpha value is -2.44. The van der Waals surface area contributed by atoms with Crippen LogP contribution < -0.4 is 0 Å². The van der Waals surface area contributed by atoms with E-state index < -0.39 is 0 Å². The molecule has 0 aliphatic carbocycles. The van der Waals surface area contributed by atoms with Gasteiger partial charge in [-0.2, -0.15) is 0 Å². The van der Waals surface area contributed by atoms with E-state index in [1.165, 1.54) is 11.3 Å². The number of rotatable bonds is 4. The van der Waals surface area contributed by atoms with Crippen LogP contribution in [0.1, 0.15) is 34.1 Å². The number of hydrogen-bond acceptors (Lipinski definition) is 5. The first-order valence-electron chi connectivity index (χ1n) is 8.31. The number of furan rings is 1. The Bertz CT molecular complexity index is 1030. The summed E-state index contributed by atoms with van der Waals surface area (Å²) in [4.78, 5) is 21.1. The summed E-state index contributed by atoms with van der Waals surface area (Å²) >= 11 is 3.08. The number of fused-ring (bicyclic) bond motifs is 1. The smallest absolute Gasteiger partial charge is 0.266 e. The van der Waals surface area contributed by atoms with E-state index in [2.05, 4.69) is 4.98 Å². The van der Waals surface area contributed by atoms with Gasteiger partial charge in [-0.25, -0.2) is 4.98 Å². The maximum atomic E-state index is 13.0. The van der Waals surface area contributed by atoms with Crippen LogP contribution in [0.5, 0.6) is 0 Å². The average Bonchev–Trinajstić information content (AvgIpc) is 3.38. The molecule has 0 fully saturated rings. The molecule has 26 heavy (non-hydrogen) atoms. The summed E-state index contributed by atoms with van der Waals surface area (Å²) in [5.74, 6) is 0.749. The molecule has 0 aliphatic rings. The Balaban J connectivity index is 1.61. The molecule has 0 N–H and O–H groups in total. The van der Waals surface area contributed by atoms with Crippen molar-refractivity contribution in [1.29, 1.82) is 0 Å². The van der Waals surface area contributed by atoms with Crippen LogP contribution in [0, 0.1) is 6.92 Å². The van der Waals surface area contributed by atoms with Crippen molar-refractivity contribution >= 4 is 39.5 Å². The molecule has 0 radical (unpaired) electrons. The van der Waals surface area contributed by atoms with Crippen molar-refractivity contribution in [3.8, 4) is 9.88 Å². The first-order chi connectivity index (χ1) is 12.5. The second-order valence-corrected chi connectivity index (χ2v) is 8.14. The third-order valence-electron chi connectivity index (χ3n) is 4.48. The summed E-state index contributed by atoms with van der Waals surface area (Å²) in [6.07, 6.45) is 0. The van der Waals surface area contributed by atoms with E-state index in [0.717, 1.165) is 32.3 Å². The fraction of sp³-hybridized carbons (Fsp3) is 0.200. The number of thiophene rings is 1. The largest absolute Gasteiger partial charge is 0.459 e. The maximum absolute atomic E-state index is 13.0. The Labute approximate surface area is 159 Å². The number of amides is 1. The molecule has 0 aliphatic heterocycles. The van der Waals surface area contributed by atoms with Crippen molar-refractivity contribution in [2.45, 2.75) is 19.9 Å². The second kappa shape index (κ2) is 6.70. The number of hydrogen-bond donors (Lipinski definition) is 0. The third-order valence-corrected chi connectivity index (χ3v) is 6.66. The topological polar surface area (TPSA) is 46.3 Å². The van der Waals surface area contributed by atoms with Crippen molar-refractivity contribution in [3.63, 3.8) is 0 Å². The van der Waals surface area contributed by atoms with Crippen molar-refractivity contribution < 1.29 is 9.21 Å². The van der Waals surface area contributed by atoms with Gasteiger partial charge in [0.1, 0.15) is 21.2 Å². The van der Waals surface area contributed by atoms with E-state index in [4.69, 9.17) is 4.42 Å². The number of nitrogens with zero attached hydrogens (tertiary/aromatic N) is 2. The molecule has 3 aromatic heterocycles. The molecule has 0 saturated carbocycles. The number of benzene rings is 1. The second-order valence-electron chi connectivity index (χ2n) is 6.19. The van der Waals surface area contributed by atoms with Crippen molar-refractivity contribution in [3.05, 3.63) is 64.2 Å². The van der Waals surface area contributed by atoms with E-state index in [-0.39, 0.29) is 11.9 Å². The van der Waals surface area contributed by atoms with Gasteiger partial charge < -0.3 is 9.32 Å². The molecule has 0 spiro atoms. The molecule has 0 bridgehead atoms. The van der Waals surface area contributed by atoms with Gasteiger partial charge in [-0.1, -0.05) is 24.3 Å². The molecule has 4 rings (SSSR count). The maximum Gasteiger partial charge on any atom is 0.266 e. The summed E-state index contributed by atoms with van der Waals surface area (Å²) in [6.45, 7) is 3.87. The number of aromatic nitrogens is 1. The van der Waals surface area contributed by atoms with Gasteiger partial charge in [-0.05, 0) is 37.4 Å². The van der Waals surface area contributed by atoms with Gasteiger partial charge in [-0.15, -0.1) is 22.7 Å². The first kappa shape index (κ1) is 17.0. The van der Waals surface area contributed by atoms with Gasteiger partial charge >= 0.3 is 0 Å². The number of aryl methyl sites for hydroxylation is 1. The molecule has 1 atom stereocenters. The highest BCUT2D eigenvalue weighted by molar-refractivity contribution is 7.22. The van der Waals surface area contributed by atoms with Crippen LogP contribution in [0.25, 0.3) is 20.9 Å². The number of carbonyl (C=O) groups excluding carboxylic acids is 1. The Morgan fingerprint density at radius 2 is 2.04 bits per heavy atom. The molecule has 1 amide bonds. The van der Waals surface area contributed by atoms with E-state index in [1.807, 2.05) is 68.7 Å². The molecule has 3 heterocycles. The zero-order valence-corrected chi connectivity index (χ0v) is 16.4. The molecule has 132 valence electrons. The van der Waals surface area contributed by atoms with Gasteiger partial charge in [0.2, 0.25) is 0 Å². The summed E-state index contributed by atoms with van der Waals surface area (Å²) in [7, 11) is 1.81. The minimum absolute atomic E-state index is 0.0317. The summed E-state index contributed by atoms with van der Waals surface area (Å²) in [5, 5.41) is 3.96. The standard InChI is InChI=1S/C20H18N2O2S2/c1-12-18(26-19(21-12)17-9-6-10-25-17)20(23)22(3)13(2)16-11-14-7-4-5-8-15(14)24-16/h4-11,13H,1-3H3. The van der Waals surface area contributed by atoms with Gasteiger partial charge in [0.15, 0.2) is 0 Å². The highest BCUT2D eigenvalue weighted by Crippen LogP contribution is 2.33. The molecule has 6 heteroatoms. The molecule has 1 unspecified atom stereocenters. The van der Waals surface area contributed by atoms with E-state index in [9.17, 15) is 4.79 Å². The Kier molecular flexibility index (Phi) is 4.38. The monoisotopic (exact) mass is 382 g/mol. The lowest BCUT2D eigenvalue weighted by Crippen LogP contribution is -2.29.